The summed E-state index contributed by atoms with van der Waals surface area (Å²) in [6.45, 7) is 7.51. The third kappa shape index (κ3) is 5.54. The SMILES string of the molecule is CC(=O)OC(C)(C)C=CC(C)(C)C(C(=O)O)C(=O)O. The summed E-state index contributed by atoms with van der Waals surface area (Å²) in [6.07, 6.45) is 2.94. The molecule has 0 radical (unpaired) electrons. The average molecular weight is 272 g/mol. The minimum atomic E-state index is -1.57. The standard InChI is InChI=1S/C13H20O6/c1-8(14)19-13(4,5)7-6-12(2,3)9(10(15)16)11(17)18/h6-7,9H,1-5H3,(H,15,16)(H,17,18). The Bertz CT molecular complexity index is 391. The third-order valence-corrected chi connectivity index (χ3v) is 2.56. The number of esters is 1. The van der Waals surface area contributed by atoms with Crippen LogP contribution in [0.3, 0.4) is 0 Å². The summed E-state index contributed by atoms with van der Waals surface area (Å²) in [5.41, 5.74) is -2.04. The van der Waals surface area contributed by atoms with Crippen LogP contribution in [-0.2, 0) is 19.1 Å². The molecule has 0 aliphatic carbocycles. The van der Waals surface area contributed by atoms with Crippen LogP contribution in [0.25, 0.3) is 0 Å². The van der Waals surface area contributed by atoms with Crippen molar-refractivity contribution in [2.45, 2.75) is 40.2 Å². The molecule has 0 aromatic rings. The second-order valence-corrected chi connectivity index (χ2v) is 5.46. The molecule has 0 rings (SSSR count). The predicted molar refractivity (Wildman–Crippen MR) is 67.5 cm³/mol. The van der Waals surface area contributed by atoms with Crippen LogP contribution in [0.5, 0.6) is 0 Å². The van der Waals surface area contributed by atoms with E-state index in [1.807, 2.05) is 0 Å². The molecular weight excluding hydrogens is 252 g/mol. The van der Waals surface area contributed by atoms with Crippen molar-refractivity contribution in [3.63, 3.8) is 0 Å². The molecule has 0 saturated carbocycles. The van der Waals surface area contributed by atoms with Gasteiger partial charge in [-0.05, 0) is 19.9 Å². The number of ether oxygens (including phenoxy) is 1. The molecule has 0 atom stereocenters. The zero-order chi connectivity index (χ0) is 15.4. The molecule has 0 heterocycles. The van der Waals surface area contributed by atoms with Gasteiger partial charge in [0, 0.05) is 12.3 Å². The molecule has 6 heteroatoms. The van der Waals surface area contributed by atoms with Crippen molar-refractivity contribution in [2.24, 2.45) is 11.3 Å². The second kappa shape index (κ2) is 5.86. The van der Waals surface area contributed by atoms with E-state index in [0.717, 1.165) is 0 Å². The largest absolute Gasteiger partial charge is 0.481 e. The van der Waals surface area contributed by atoms with Crippen LogP contribution in [0.4, 0.5) is 0 Å². The lowest BCUT2D eigenvalue weighted by molar-refractivity contribution is -0.159. The smallest absolute Gasteiger partial charge is 0.318 e. The molecule has 0 fully saturated rings. The van der Waals surface area contributed by atoms with Crippen LogP contribution in [-0.4, -0.2) is 33.7 Å². The van der Waals surface area contributed by atoms with Gasteiger partial charge in [-0.1, -0.05) is 19.9 Å². The molecule has 0 aliphatic rings. The summed E-state index contributed by atoms with van der Waals surface area (Å²) in [5.74, 6) is -4.86. The van der Waals surface area contributed by atoms with Crippen molar-refractivity contribution in [2.75, 3.05) is 0 Å². The Hall–Kier alpha value is -1.85. The summed E-state index contributed by atoms with van der Waals surface area (Å²) in [5, 5.41) is 17.9. The molecule has 19 heavy (non-hydrogen) atoms. The van der Waals surface area contributed by atoms with Gasteiger partial charge in [0.25, 0.3) is 0 Å². The highest BCUT2D eigenvalue weighted by Crippen LogP contribution is 2.30. The van der Waals surface area contributed by atoms with Gasteiger partial charge < -0.3 is 14.9 Å². The molecule has 2 N–H and O–H groups in total. The fraction of sp³-hybridized carbons (Fsp3) is 0.615. The molecular formula is C13H20O6. The lowest BCUT2D eigenvalue weighted by Crippen LogP contribution is -2.36. The average Bonchev–Trinajstić information content (AvgIpc) is 2.10. The Labute approximate surface area is 112 Å². The first kappa shape index (κ1) is 17.2. The van der Waals surface area contributed by atoms with Crippen molar-refractivity contribution in [1.29, 1.82) is 0 Å². The van der Waals surface area contributed by atoms with Gasteiger partial charge in [-0.25, -0.2) is 0 Å². The fourth-order valence-electron chi connectivity index (χ4n) is 1.66. The van der Waals surface area contributed by atoms with Crippen LogP contribution in [0.1, 0.15) is 34.6 Å². The van der Waals surface area contributed by atoms with E-state index in [1.165, 1.54) is 32.9 Å². The van der Waals surface area contributed by atoms with E-state index in [4.69, 9.17) is 14.9 Å². The quantitative estimate of drug-likeness (QED) is 0.433. The Kier molecular flexibility index (Phi) is 5.29. The Morgan fingerprint density at radius 1 is 1.00 bits per heavy atom. The van der Waals surface area contributed by atoms with Crippen molar-refractivity contribution in [3.8, 4) is 0 Å². The van der Waals surface area contributed by atoms with Gasteiger partial charge in [0.05, 0.1) is 0 Å². The van der Waals surface area contributed by atoms with Crippen LogP contribution < -0.4 is 0 Å². The van der Waals surface area contributed by atoms with E-state index in [-0.39, 0.29) is 0 Å². The number of aliphatic carboxylic acids is 2. The van der Waals surface area contributed by atoms with Gasteiger partial charge >= 0.3 is 17.9 Å². The maximum atomic E-state index is 11.0. The summed E-state index contributed by atoms with van der Waals surface area (Å²) < 4.78 is 5.01. The van der Waals surface area contributed by atoms with Crippen LogP contribution in [0.15, 0.2) is 12.2 Å². The molecule has 0 aliphatic heterocycles. The lowest BCUT2D eigenvalue weighted by atomic mass is 9.78. The first-order valence-corrected chi connectivity index (χ1v) is 5.74. The molecule has 0 amide bonds. The number of hydrogen-bond acceptors (Lipinski definition) is 4. The summed E-state index contributed by atoms with van der Waals surface area (Å²) >= 11 is 0. The lowest BCUT2D eigenvalue weighted by Gasteiger charge is -2.27. The molecule has 0 saturated heterocycles. The van der Waals surface area contributed by atoms with Crippen LogP contribution in [0, 0.1) is 11.3 Å². The molecule has 6 nitrogen and oxygen atoms in total. The van der Waals surface area contributed by atoms with Gasteiger partial charge in [0.2, 0.25) is 0 Å². The van der Waals surface area contributed by atoms with Gasteiger partial charge in [0.15, 0.2) is 5.92 Å². The summed E-state index contributed by atoms with van der Waals surface area (Å²) in [7, 11) is 0. The van der Waals surface area contributed by atoms with E-state index in [9.17, 15) is 14.4 Å². The number of allylic oxidation sites excluding steroid dienone is 1. The van der Waals surface area contributed by atoms with Gasteiger partial charge in [-0.2, -0.15) is 0 Å². The summed E-state index contributed by atoms with van der Waals surface area (Å²) in [6, 6.07) is 0. The van der Waals surface area contributed by atoms with Crippen LogP contribution in [0.2, 0.25) is 0 Å². The van der Waals surface area contributed by atoms with Crippen molar-refractivity contribution in [1.82, 2.24) is 0 Å². The number of carbonyl (C=O) groups is 3. The number of carbonyl (C=O) groups excluding carboxylic acids is 1. The van der Waals surface area contributed by atoms with Crippen molar-refractivity contribution >= 4 is 17.9 Å². The minimum absolute atomic E-state index is 0.472. The monoisotopic (exact) mass is 272 g/mol. The zero-order valence-corrected chi connectivity index (χ0v) is 11.8. The van der Waals surface area contributed by atoms with E-state index >= 15 is 0 Å². The number of rotatable bonds is 6. The first-order valence-electron chi connectivity index (χ1n) is 5.74. The molecule has 0 unspecified atom stereocenters. The number of carboxylic acid groups (broad SMARTS) is 2. The molecule has 108 valence electrons. The summed E-state index contributed by atoms with van der Waals surface area (Å²) in [4.78, 5) is 32.9. The van der Waals surface area contributed by atoms with Crippen molar-refractivity contribution in [3.05, 3.63) is 12.2 Å². The van der Waals surface area contributed by atoms with E-state index in [1.54, 1.807) is 13.8 Å². The zero-order valence-electron chi connectivity index (χ0n) is 11.8. The maximum Gasteiger partial charge on any atom is 0.318 e. The molecule has 0 spiro atoms. The highest BCUT2D eigenvalue weighted by Gasteiger charge is 2.40. The normalized spacial score (nSPS) is 12.7. The van der Waals surface area contributed by atoms with Gasteiger partial charge in [0.1, 0.15) is 5.60 Å². The number of hydrogen-bond donors (Lipinski definition) is 2. The number of carboxylic acids is 2. The third-order valence-electron chi connectivity index (χ3n) is 2.56. The molecule has 0 aromatic heterocycles. The first-order chi connectivity index (χ1) is 8.39. The van der Waals surface area contributed by atoms with Gasteiger partial charge in [-0.3, -0.25) is 14.4 Å². The Morgan fingerprint density at radius 2 is 1.42 bits per heavy atom. The minimum Gasteiger partial charge on any atom is -0.481 e. The van der Waals surface area contributed by atoms with E-state index in [0.29, 0.717) is 0 Å². The van der Waals surface area contributed by atoms with E-state index < -0.39 is 34.8 Å². The predicted octanol–water partition coefficient (Wildman–Crippen LogP) is 1.70. The maximum absolute atomic E-state index is 11.0. The van der Waals surface area contributed by atoms with Crippen LogP contribution >= 0.6 is 0 Å². The molecule has 0 aromatic carbocycles. The van der Waals surface area contributed by atoms with E-state index in [2.05, 4.69) is 0 Å². The van der Waals surface area contributed by atoms with Gasteiger partial charge in [-0.15, -0.1) is 0 Å². The highest BCUT2D eigenvalue weighted by molar-refractivity contribution is 5.94. The topological polar surface area (TPSA) is 101 Å². The fourth-order valence-corrected chi connectivity index (χ4v) is 1.66. The van der Waals surface area contributed by atoms with Crippen molar-refractivity contribution < 1.29 is 29.3 Å². The second-order valence-electron chi connectivity index (χ2n) is 5.46. The molecule has 0 bridgehead atoms. The Morgan fingerprint density at radius 3 is 1.74 bits per heavy atom. The Balaban J connectivity index is 5.17. The highest BCUT2D eigenvalue weighted by atomic mass is 16.6.